The zero-order valence-corrected chi connectivity index (χ0v) is 11.6. The van der Waals surface area contributed by atoms with Gasteiger partial charge >= 0.3 is 0 Å². The van der Waals surface area contributed by atoms with Crippen LogP contribution < -0.4 is 5.32 Å². The first-order chi connectivity index (χ1) is 8.16. The van der Waals surface area contributed by atoms with Crippen molar-refractivity contribution in [3.8, 4) is 0 Å². The van der Waals surface area contributed by atoms with Gasteiger partial charge in [-0.15, -0.1) is 0 Å². The fraction of sp³-hybridized carbons (Fsp3) is 0.846. The summed E-state index contributed by atoms with van der Waals surface area (Å²) in [6.45, 7) is 4.21. The summed E-state index contributed by atoms with van der Waals surface area (Å²) in [7, 11) is 0. The molecule has 1 unspecified atom stereocenters. The van der Waals surface area contributed by atoms with E-state index in [0.29, 0.717) is 12.0 Å². The molecule has 0 aromatic rings. The Bertz CT molecular complexity index is 309. The van der Waals surface area contributed by atoms with Crippen molar-refractivity contribution in [1.82, 2.24) is 5.32 Å². The second-order valence-electron chi connectivity index (χ2n) is 5.38. The van der Waals surface area contributed by atoms with Gasteiger partial charge in [-0.05, 0) is 18.8 Å². The summed E-state index contributed by atoms with van der Waals surface area (Å²) < 4.78 is 0. The molecule has 1 saturated heterocycles. The molecule has 2 rings (SSSR count). The number of carbonyl (C=O) groups excluding carboxylic acids is 1. The molecule has 1 amide bonds. The molecule has 96 valence electrons. The normalized spacial score (nSPS) is 29.7. The highest BCUT2D eigenvalue weighted by Gasteiger charge is 2.29. The van der Waals surface area contributed by atoms with E-state index < -0.39 is 0 Å². The van der Waals surface area contributed by atoms with Crippen LogP contribution in [0.1, 0.15) is 46.0 Å². The predicted molar refractivity (Wildman–Crippen MR) is 73.2 cm³/mol. The largest absolute Gasteiger partial charge is 0.305 e. The molecule has 0 spiro atoms. The number of rotatable bonds is 2. The van der Waals surface area contributed by atoms with Crippen LogP contribution in [0.15, 0.2) is 4.99 Å². The van der Waals surface area contributed by atoms with Crippen LogP contribution in [0.2, 0.25) is 0 Å². The van der Waals surface area contributed by atoms with Gasteiger partial charge in [-0.3, -0.25) is 9.79 Å². The van der Waals surface area contributed by atoms with Crippen molar-refractivity contribution in [2.24, 2.45) is 16.8 Å². The molecular formula is C13H22N2OS. The molecule has 0 aromatic heterocycles. The quantitative estimate of drug-likeness (QED) is 0.823. The summed E-state index contributed by atoms with van der Waals surface area (Å²) in [4.78, 5) is 16.6. The monoisotopic (exact) mass is 254 g/mol. The molecular weight excluding hydrogens is 232 g/mol. The highest BCUT2D eigenvalue weighted by molar-refractivity contribution is 8.14. The van der Waals surface area contributed by atoms with E-state index in [1.807, 2.05) is 0 Å². The van der Waals surface area contributed by atoms with Gasteiger partial charge < -0.3 is 5.32 Å². The first-order valence-corrected chi connectivity index (χ1v) is 7.67. The summed E-state index contributed by atoms with van der Waals surface area (Å²) in [5, 5.41) is 3.83. The van der Waals surface area contributed by atoms with Gasteiger partial charge in [0.2, 0.25) is 5.91 Å². The molecule has 2 fully saturated rings. The van der Waals surface area contributed by atoms with Crippen LogP contribution in [0.25, 0.3) is 0 Å². The minimum atomic E-state index is 0.144. The molecule has 2 aliphatic rings. The number of nitrogens with one attached hydrogen (secondary N) is 1. The van der Waals surface area contributed by atoms with Gasteiger partial charge in [0.15, 0.2) is 5.17 Å². The van der Waals surface area contributed by atoms with Crippen LogP contribution in [0.4, 0.5) is 0 Å². The van der Waals surface area contributed by atoms with E-state index in [-0.39, 0.29) is 11.8 Å². The van der Waals surface area contributed by atoms with E-state index in [1.165, 1.54) is 32.1 Å². The van der Waals surface area contributed by atoms with E-state index in [2.05, 4.69) is 24.2 Å². The van der Waals surface area contributed by atoms with Crippen LogP contribution in [0.3, 0.4) is 0 Å². The van der Waals surface area contributed by atoms with Gasteiger partial charge in [-0.25, -0.2) is 0 Å². The van der Waals surface area contributed by atoms with Crippen molar-refractivity contribution < 1.29 is 4.79 Å². The number of aliphatic imine (C=N–C) groups is 1. The fourth-order valence-electron chi connectivity index (χ4n) is 2.42. The summed E-state index contributed by atoms with van der Waals surface area (Å²) >= 11 is 1.72. The molecule has 17 heavy (non-hydrogen) atoms. The summed E-state index contributed by atoms with van der Waals surface area (Å²) in [5.41, 5.74) is 0. The molecule has 1 aliphatic carbocycles. The minimum Gasteiger partial charge on any atom is -0.305 e. The molecule has 1 aliphatic heterocycles. The lowest BCUT2D eigenvalue weighted by atomic mass is 9.96. The number of thioether (sulfide) groups is 1. The number of nitrogens with zero attached hydrogens (tertiary/aromatic N) is 1. The number of hydrogen-bond donors (Lipinski definition) is 1. The molecule has 4 heteroatoms. The third-order valence-corrected chi connectivity index (χ3v) is 4.65. The molecule has 1 atom stereocenters. The van der Waals surface area contributed by atoms with Crippen molar-refractivity contribution in [3.63, 3.8) is 0 Å². The maximum atomic E-state index is 11.9. The minimum absolute atomic E-state index is 0.144. The lowest BCUT2D eigenvalue weighted by Crippen LogP contribution is -2.43. The fourth-order valence-corrected chi connectivity index (χ4v) is 3.69. The molecule has 1 N–H and O–H groups in total. The predicted octanol–water partition coefficient (Wildman–Crippen LogP) is 2.81. The Morgan fingerprint density at radius 1 is 1.29 bits per heavy atom. The zero-order valence-electron chi connectivity index (χ0n) is 10.7. The van der Waals surface area contributed by atoms with Crippen molar-refractivity contribution >= 4 is 22.8 Å². The Labute approximate surface area is 108 Å². The van der Waals surface area contributed by atoms with Gasteiger partial charge in [0, 0.05) is 5.75 Å². The first-order valence-electron chi connectivity index (χ1n) is 6.68. The Kier molecular flexibility index (Phi) is 4.48. The molecule has 1 heterocycles. The summed E-state index contributed by atoms with van der Waals surface area (Å²) in [5.74, 6) is 1.60. The molecule has 0 bridgehead atoms. The average Bonchev–Trinajstić information content (AvgIpc) is 2.30. The smallest absolute Gasteiger partial charge is 0.230 e. The first kappa shape index (κ1) is 12.9. The van der Waals surface area contributed by atoms with Crippen LogP contribution in [-0.2, 0) is 4.79 Å². The topological polar surface area (TPSA) is 41.5 Å². The molecule has 0 radical (unpaired) electrons. The lowest BCUT2D eigenvalue weighted by Gasteiger charge is -2.27. The highest BCUT2D eigenvalue weighted by Crippen LogP contribution is 2.25. The van der Waals surface area contributed by atoms with Crippen molar-refractivity contribution in [2.45, 2.75) is 52.0 Å². The van der Waals surface area contributed by atoms with Gasteiger partial charge in [0.1, 0.15) is 0 Å². The van der Waals surface area contributed by atoms with E-state index in [0.717, 1.165) is 10.9 Å². The van der Waals surface area contributed by atoms with Crippen molar-refractivity contribution in [3.05, 3.63) is 0 Å². The van der Waals surface area contributed by atoms with Gasteiger partial charge in [-0.1, -0.05) is 44.9 Å². The van der Waals surface area contributed by atoms with E-state index in [1.54, 1.807) is 11.8 Å². The average molecular weight is 254 g/mol. The Morgan fingerprint density at radius 3 is 2.59 bits per heavy atom. The van der Waals surface area contributed by atoms with Gasteiger partial charge in [0.25, 0.3) is 0 Å². The third-order valence-electron chi connectivity index (χ3n) is 3.65. The number of amidine groups is 1. The standard InChI is InChI=1S/C13H22N2OS/c1-9(2)11-8-17-13(15-12(11)16)14-10-6-4-3-5-7-10/h9-11H,3-8H2,1-2H3,(H,14,15,16). The Hall–Kier alpha value is -0.510. The number of hydrogen-bond acceptors (Lipinski definition) is 3. The third kappa shape index (κ3) is 3.47. The second kappa shape index (κ2) is 5.89. The zero-order chi connectivity index (χ0) is 12.3. The van der Waals surface area contributed by atoms with Crippen LogP contribution in [0.5, 0.6) is 0 Å². The van der Waals surface area contributed by atoms with E-state index in [9.17, 15) is 4.79 Å². The molecule has 3 nitrogen and oxygen atoms in total. The SMILES string of the molecule is CC(C)C1CSC(=NC2CCCCC2)NC1=O. The van der Waals surface area contributed by atoms with Crippen LogP contribution in [-0.4, -0.2) is 22.9 Å². The highest BCUT2D eigenvalue weighted by atomic mass is 32.2. The van der Waals surface area contributed by atoms with Gasteiger partial charge in [-0.2, -0.15) is 0 Å². The Balaban J connectivity index is 1.91. The molecule has 1 saturated carbocycles. The van der Waals surface area contributed by atoms with Crippen LogP contribution in [0, 0.1) is 11.8 Å². The molecule has 0 aromatic carbocycles. The lowest BCUT2D eigenvalue weighted by molar-refractivity contribution is -0.124. The van der Waals surface area contributed by atoms with Crippen LogP contribution >= 0.6 is 11.8 Å². The summed E-state index contributed by atoms with van der Waals surface area (Å²) in [6.07, 6.45) is 6.29. The van der Waals surface area contributed by atoms with E-state index in [4.69, 9.17) is 0 Å². The number of carbonyl (C=O) groups is 1. The van der Waals surface area contributed by atoms with Gasteiger partial charge in [0.05, 0.1) is 12.0 Å². The van der Waals surface area contributed by atoms with Crippen molar-refractivity contribution in [2.75, 3.05) is 5.75 Å². The Morgan fingerprint density at radius 2 is 2.00 bits per heavy atom. The van der Waals surface area contributed by atoms with Crippen molar-refractivity contribution in [1.29, 1.82) is 0 Å². The maximum absolute atomic E-state index is 11.9. The van der Waals surface area contributed by atoms with E-state index >= 15 is 0 Å². The second-order valence-corrected chi connectivity index (χ2v) is 6.39. The summed E-state index contributed by atoms with van der Waals surface area (Å²) in [6, 6.07) is 0.446. The maximum Gasteiger partial charge on any atom is 0.230 e. The number of amides is 1.